The Morgan fingerprint density at radius 2 is 1.68 bits per heavy atom. The zero-order valence-corrected chi connectivity index (χ0v) is 19.8. The number of nitrogens with zero attached hydrogens (tertiary/aromatic N) is 3. The molecule has 12 heteroatoms. The van der Waals surface area contributed by atoms with Crippen LogP contribution in [0, 0.1) is 15.9 Å². The minimum absolute atomic E-state index is 0.0569. The Labute approximate surface area is 210 Å². The van der Waals surface area contributed by atoms with E-state index < -0.39 is 33.2 Å². The summed E-state index contributed by atoms with van der Waals surface area (Å²) >= 11 is 0. The van der Waals surface area contributed by atoms with Crippen molar-refractivity contribution in [1.82, 2.24) is 5.43 Å². The number of anilines is 1. The summed E-state index contributed by atoms with van der Waals surface area (Å²) < 4.78 is 47.2. The van der Waals surface area contributed by atoms with Crippen LogP contribution in [0.5, 0.6) is 0 Å². The van der Waals surface area contributed by atoms with Crippen LogP contribution >= 0.6 is 0 Å². The third-order valence-corrected chi connectivity index (χ3v) is 6.88. The summed E-state index contributed by atoms with van der Waals surface area (Å²) in [5.74, 6) is -0.951. The van der Waals surface area contributed by atoms with Crippen LogP contribution in [0.4, 0.5) is 15.8 Å². The predicted octanol–water partition coefficient (Wildman–Crippen LogP) is 4.34. The number of para-hydroxylation sites is 1. The van der Waals surface area contributed by atoms with E-state index >= 15 is 0 Å². The van der Waals surface area contributed by atoms with Gasteiger partial charge in [0.25, 0.3) is 21.6 Å². The van der Waals surface area contributed by atoms with E-state index in [2.05, 4.69) is 10.5 Å². The first-order valence-electron chi connectivity index (χ1n) is 10.7. The molecule has 10 nitrogen and oxygen atoms in total. The van der Waals surface area contributed by atoms with Crippen molar-refractivity contribution >= 4 is 33.5 Å². The minimum Gasteiger partial charge on any atom is -0.455 e. The van der Waals surface area contributed by atoms with Crippen molar-refractivity contribution in [1.29, 1.82) is 0 Å². The van der Waals surface area contributed by atoms with Gasteiger partial charge in [0.2, 0.25) is 0 Å². The van der Waals surface area contributed by atoms with E-state index in [1.807, 2.05) is 0 Å². The molecule has 0 aliphatic heterocycles. The number of hydrazone groups is 1. The van der Waals surface area contributed by atoms with Crippen molar-refractivity contribution in [2.75, 3.05) is 10.8 Å². The average Bonchev–Trinajstić information content (AvgIpc) is 3.37. The number of carbonyl (C=O) groups is 1. The van der Waals surface area contributed by atoms with Crippen molar-refractivity contribution in [3.63, 3.8) is 0 Å². The fourth-order valence-corrected chi connectivity index (χ4v) is 4.78. The van der Waals surface area contributed by atoms with Crippen LogP contribution < -0.4 is 9.73 Å². The molecular formula is C25H19FN4O6S. The molecule has 0 fully saturated rings. The van der Waals surface area contributed by atoms with Gasteiger partial charge in [0.1, 0.15) is 23.9 Å². The summed E-state index contributed by atoms with van der Waals surface area (Å²) in [6.45, 7) is -0.734. The molecule has 0 atom stereocenters. The lowest BCUT2D eigenvalue weighted by molar-refractivity contribution is -0.384. The van der Waals surface area contributed by atoms with Gasteiger partial charge in [-0.25, -0.2) is 18.2 Å². The van der Waals surface area contributed by atoms with Crippen molar-refractivity contribution in [3.8, 4) is 11.3 Å². The summed E-state index contributed by atoms with van der Waals surface area (Å²) in [5.41, 5.74) is 2.46. The molecule has 0 aliphatic carbocycles. The number of hydrogen-bond donors (Lipinski definition) is 1. The van der Waals surface area contributed by atoms with Crippen LogP contribution in [0.3, 0.4) is 0 Å². The maximum atomic E-state index is 14.5. The van der Waals surface area contributed by atoms with Gasteiger partial charge in [-0.3, -0.25) is 19.2 Å². The minimum atomic E-state index is -4.26. The maximum absolute atomic E-state index is 14.5. The van der Waals surface area contributed by atoms with Gasteiger partial charge in [-0.15, -0.1) is 0 Å². The number of non-ortho nitro benzene ring substituents is 1. The summed E-state index contributed by atoms with van der Waals surface area (Å²) in [6, 6.07) is 21.5. The van der Waals surface area contributed by atoms with Gasteiger partial charge in [0.05, 0.1) is 21.7 Å². The first kappa shape index (κ1) is 25.3. The van der Waals surface area contributed by atoms with Crippen LogP contribution in [0.25, 0.3) is 11.3 Å². The Bertz CT molecular complexity index is 1550. The summed E-state index contributed by atoms with van der Waals surface area (Å²) in [5, 5.41) is 14.6. The molecular weight excluding hydrogens is 503 g/mol. The molecule has 4 aromatic rings. The number of amides is 1. The number of rotatable bonds is 9. The highest BCUT2D eigenvalue weighted by Crippen LogP contribution is 2.26. The highest BCUT2D eigenvalue weighted by molar-refractivity contribution is 7.92. The second-order valence-electron chi connectivity index (χ2n) is 7.58. The second kappa shape index (κ2) is 10.8. The summed E-state index contributed by atoms with van der Waals surface area (Å²) in [4.78, 5) is 22.8. The van der Waals surface area contributed by atoms with Crippen molar-refractivity contribution < 1.29 is 26.9 Å². The van der Waals surface area contributed by atoms with Gasteiger partial charge in [-0.1, -0.05) is 30.3 Å². The number of furan rings is 1. The number of nitro groups is 1. The highest BCUT2D eigenvalue weighted by Gasteiger charge is 2.29. The van der Waals surface area contributed by atoms with Crippen LogP contribution in [0.15, 0.2) is 105 Å². The van der Waals surface area contributed by atoms with E-state index in [4.69, 9.17) is 4.42 Å². The van der Waals surface area contributed by atoms with Crippen LogP contribution in [0.2, 0.25) is 0 Å². The molecule has 188 valence electrons. The number of hydrogen-bond acceptors (Lipinski definition) is 7. The molecule has 1 N–H and O–H groups in total. The average molecular weight is 523 g/mol. The first-order valence-corrected chi connectivity index (χ1v) is 12.2. The van der Waals surface area contributed by atoms with Crippen LogP contribution in [-0.4, -0.2) is 32.0 Å². The number of nitro benzene ring substituents is 1. The molecule has 1 aromatic heterocycles. The predicted molar refractivity (Wildman–Crippen MR) is 134 cm³/mol. The Kier molecular flexibility index (Phi) is 7.39. The number of nitrogens with one attached hydrogen (secondary N) is 1. The summed E-state index contributed by atoms with van der Waals surface area (Å²) in [7, 11) is -4.26. The van der Waals surface area contributed by atoms with E-state index in [-0.39, 0.29) is 22.0 Å². The SMILES string of the molecule is O=C(CN(c1ccccc1F)S(=O)(=O)c1ccccc1)N/N=C/c1ccc(-c2ccc([N+](=O)[O-])cc2)o1. The van der Waals surface area contributed by atoms with Crippen molar-refractivity contribution in [2.45, 2.75) is 4.90 Å². The Hall–Kier alpha value is -4.84. The molecule has 0 saturated heterocycles. The number of benzene rings is 3. The smallest absolute Gasteiger partial charge is 0.269 e. The highest BCUT2D eigenvalue weighted by atomic mass is 32.2. The third-order valence-electron chi connectivity index (χ3n) is 5.11. The molecule has 1 heterocycles. The lowest BCUT2D eigenvalue weighted by atomic mass is 10.1. The van der Waals surface area contributed by atoms with E-state index in [0.29, 0.717) is 15.6 Å². The molecule has 0 bridgehead atoms. The molecule has 0 aliphatic rings. The molecule has 0 spiro atoms. The largest absolute Gasteiger partial charge is 0.455 e. The molecule has 4 rings (SSSR count). The van der Waals surface area contributed by atoms with Gasteiger partial charge in [0, 0.05) is 17.7 Å². The normalized spacial score (nSPS) is 11.4. The van der Waals surface area contributed by atoms with E-state index in [0.717, 1.165) is 6.07 Å². The topological polar surface area (TPSA) is 135 Å². The van der Waals surface area contributed by atoms with Gasteiger partial charge < -0.3 is 4.42 Å². The van der Waals surface area contributed by atoms with Crippen LogP contribution in [0.1, 0.15) is 5.76 Å². The molecule has 0 radical (unpaired) electrons. The first-order chi connectivity index (χ1) is 17.8. The Balaban J connectivity index is 1.48. The van der Waals surface area contributed by atoms with Crippen molar-refractivity contribution in [2.24, 2.45) is 5.10 Å². The van der Waals surface area contributed by atoms with Gasteiger partial charge in [-0.05, 0) is 48.5 Å². The fourth-order valence-electron chi connectivity index (χ4n) is 3.33. The standard InChI is InChI=1S/C25H19FN4O6S/c26-22-8-4-5-9-23(22)29(37(34,35)21-6-2-1-3-7-21)17-25(31)28-27-16-20-14-15-24(36-20)18-10-12-19(13-11-18)30(32)33/h1-16H,17H2,(H,28,31)/b27-16+. The number of sulfonamides is 1. The molecule has 1 amide bonds. The molecule has 37 heavy (non-hydrogen) atoms. The van der Waals surface area contributed by atoms with Crippen molar-refractivity contribution in [3.05, 3.63) is 113 Å². The monoisotopic (exact) mass is 522 g/mol. The quantitative estimate of drug-likeness (QED) is 0.197. The van der Waals surface area contributed by atoms with Gasteiger partial charge in [0.15, 0.2) is 0 Å². The van der Waals surface area contributed by atoms with Gasteiger partial charge >= 0.3 is 0 Å². The number of carbonyl (C=O) groups excluding carboxylic acids is 1. The van der Waals surface area contributed by atoms with Crippen LogP contribution in [-0.2, 0) is 14.8 Å². The zero-order chi connectivity index (χ0) is 26.4. The summed E-state index contributed by atoms with van der Waals surface area (Å²) in [6.07, 6.45) is 1.20. The van der Waals surface area contributed by atoms with E-state index in [1.165, 1.54) is 72.9 Å². The molecule has 0 saturated carbocycles. The Morgan fingerprint density at radius 3 is 2.35 bits per heavy atom. The maximum Gasteiger partial charge on any atom is 0.269 e. The molecule has 0 unspecified atom stereocenters. The number of halogens is 1. The Morgan fingerprint density at radius 1 is 1.00 bits per heavy atom. The van der Waals surface area contributed by atoms with E-state index in [1.54, 1.807) is 18.2 Å². The lowest BCUT2D eigenvalue weighted by Crippen LogP contribution is -2.40. The van der Waals surface area contributed by atoms with Gasteiger partial charge in [-0.2, -0.15) is 5.10 Å². The zero-order valence-electron chi connectivity index (χ0n) is 19.0. The molecule has 3 aromatic carbocycles. The second-order valence-corrected chi connectivity index (χ2v) is 9.44. The van der Waals surface area contributed by atoms with E-state index in [9.17, 15) is 27.7 Å². The fraction of sp³-hybridized carbons (Fsp3) is 0.0400. The third kappa shape index (κ3) is 5.87. The lowest BCUT2D eigenvalue weighted by Gasteiger charge is -2.24.